The third kappa shape index (κ3) is 3.90. The van der Waals surface area contributed by atoms with Gasteiger partial charge in [-0.25, -0.2) is 4.98 Å². The lowest BCUT2D eigenvalue weighted by Crippen LogP contribution is -2.49. The van der Waals surface area contributed by atoms with Crippen molar-refractivity contribution in [1.29, 1.82) is 0 Å². The van der Waals surface area contributed by atoms with Crippen molar-refractivity contribution in [2.75, 3.05) is 38.2 Å². The highest BCUT2D eigenvalue weighted by molar-refractivity contribution is 7.22. The van der Waals surface area contributed by atoms with Gasteiger partial charge in [0, 0.05) is 26.2 Å². The topological polar surface area (TPSA) is 45.7 Å². The Morgan fingerprint density at radius 2 is 1.85 bits per heavy atom. The molecule has 1 fully saturated rings. The SMILES string of the molecule is COc1ccc2nc(N3CCN(C(=O)Cc4ccc(C)cc4)CC3)sc2c1. The second-order valence-corrected chi connectivity index (χ2v) is 7.87. The summed E-state index contributed by atoms with van der Waals surface area (Å²) in [6.07, 6.45) is 0.473. The second kappa shape index (κ2) is 7.56. The molecule has 1 aromatic heterocycles. The van der Waals surface area contributed by atoms with Gasteiger partial charge in [0.1, 0.15) is 5.75 Å². The van der Waals surface area contributed by atoms with Crippen LogP contribution in [0.4, 0.5) is 5.13 Å². The first-order valence-electron chi connectivity index (χ1n) is 9.15. The minimum atomic E-state index is 0.201. The molecule has 0 saturated carbocycles. The minimum absolute atomic E-state index is 0.201. The highest BCUT2D eigenvalue weighted by Gasteiger charge is 2.23. The van der Waals surface area contributed by atoms with Crippen LogP contribution in [0.1, 0.15) is 11.1 Å². The zero-order chi connectivity index (χ0) is 18.8. The predicted molar refractivity (Wildman–Crippen MR) is 110 cm³/mol. The standard InChI is InChI=1S/C21H23N3O2S/c1-15-3-5-16(6-4-15)13-20(25)23-9-11-24(12-10-23)21-22-18-8-7-17(26-2)14-19(18)27-21/h3-8,14H,9-13H2,1-2H3. The Hall–Kier alpha value is -2.60. The average molecular weight is 382 g/mol. The van der Waals surface area contributed by atoms with Crippen molar-refractivity contribution in [3.63, 3.8) is 0 Å². The molecule has 2 heterocycles. The summed E-state index contributed by atoms with van der Waals surface area (Å²) in [5.74, 6) is 1.05. The molecule has 0 radical (unpaired) electrons. The maximum Gasteiger partial charge on any atom is 0.227 e. The smallest absolute Gasteiger partial charge is 0.227 e. The normalized spacial score (nSPS) is 14.6. The van der Waals surface area contributed by atoms with Gasteiger partial charge < -0.3 is 14.5 Å². The maximum absolute atomic E-state index is 12.6. The van der Waals surface area contributed by atoms with Gasteiger partial charge in [0.25, 0.3) is 0 Å². The first-order chi connectivity index (χ1) is 13.1. The molecule has 1 aliphatic heterocycles. The van der Waals surface area contributed by atoms with Gasteiger partial charge in [-0.3, -0.25) is 4.79 Å². The van der Waals surface area contributed by atoms with E-state index >= 15 is 0 Å². The van der Waals surface area contributed by atoms with Crippen molar-refractivity contribution in [2.45, 2.75) is 13.3 Å². The van der Waals surface area contributed by atoms with Crippen molar-refractivity contribution < 1.29 is 9.53 Å². The Morgan fingerprint density at radius 1 is 1.11 bits per heavy atom. The molecule has 6 heteroatoms. The summed E-state index contributed by atoms with van der Waals surface area (Å²) in [6.45, 7) is 5.17. The number of aryl methyl sites for hydroxylation is 1. The molecular formula is C21H23N3O2S. The Balaban J connectivity index is 1.38. The summed E-state index contributed by atoms with van der Waals surface area (Å²) >= 11 is 1.68. The molecule has 5 nitrogen and oxygen atoms in total. The van der Waals surface area contributed by atoms with Crippen molar-refractivity contribution >= 4 is 32.6 Å². The fraction of sp³-hybridized carbons (Fsp3) is 0.333. The number of carbonyl (C=O) groups excluding carboxylic acids is 1. The lowest BCUT2D eigenvalue weighted by Gasteiger charge is -2.34. The number of rotatable bonds is 4. The molecule has 0 spiro atoms. The summed E-state index contributed by atoms with van der Waals surface area (Å²) < 4.78 is 6.42. The Labute approximate surface area is 163 Å². The van der Waals surface area contributed by atoms with Gasteiger partial charge in [-0.2, -0.15) is 0 Å². The van der Waals surface area contributed by atoms with Crippen molar-refractivity contribution in [3.8, 4) is 5.75 Å². The largest absolute Gasteiger partial charge is 0.497 e. The number of hydrogen-bond donors (Lipinski definition) is 0. The third-order valence-electron chi connectivity index (χ3n) is 4.96. The van der Waals surface area contributed by atoms with Crippen molar-refractivity contribution in [1.82, 2.24) is 9.88 Å². The predicted octanol–water partition coefficient (Wildman–Crippen LogP) is 3.50. The Morgan fingerprint density at radius 3 is 2.56 bits per heavy atom. The van der Waals surface area contributed by atoms with Gasteiger partial charge in [-0.05, 0) is 30.7 Å². The van der Waals surface area contributed by atoms with Gasteiger partial charge in [0.2, 0.25) is 5.91 Å². The number of anilines is 1. The van der Waals surface area contributed by atoms with E-state index < -0.39 is 0 Å². The summed E-state index contributed by atoms with van der Waals surface area (Å²) in [6, 6.07) is 14.2. The molecular weight excluding hydrogens is 358 g/mol. The van der Waals surface area contributed by atoms with Crippen LogP contribution in [0.5, 0.6) is 5.75 Å². The molecule has 1 aliphatic rings. The van der Waals surface area contributed by atoms with E-state index in [-0.39, 0.29) is 5.91 Å². The molecule has 27 heavy (non-hydrogen) atoms. The third-order valence-corrected chi connectivity index (χ3v) is 6.04. The first kappa shape index (κ1) is 17.8. The number of fused-ring (bicyclic) bond motifs is 1. The van der Waals surface area contributed by atoms with E-state index in [0.29, 0.717) is 6.42 Å². The number of methoxy groups -OCH3 is 1. The van der Waals surface area contributed by atoms with Crippen LogP contribution in [0, 0.1) is 6.92 Å². The highest BCUT2D eigenvalue weighted by atomic mass is 32.1. The number of carbonyl (C=O) groups is 1. The van der Waals surface area contributed by atoms with E-state index in [0.717, 1.165) is 52.8 Å². The molecule has 2 aromatic carbocycles. The van der Waals surface area contributed by atoms with Crippen LogP contribution in [0.2, 0.25) is 0 Å². The number of amides is 1. The fourth-order valence-corrected chi connectivity index (χ4v) is 4.34. The van der Waals surface area contributed by atoms with Crippen LogP contribution < -0.4 is 9.64 Å². The number of nitrogens with zero attached hydrogens (tertiary/aromatic N) is 3. The van der Waals surface area contributed by atoms with Gasteiger partial charge in [0.05, 0.1) is 23.7 Å². The summed E-state index contributed by atoms with van der Waals surface area (Å²) in [4.78, 5) is 21.6. The molecule has 0 aliphatic carbocycles. The minimum Gasteiger partial charge on any atom is -0.497 e. The quantitative estimate of drug-likeness (QED) is 0.694. The lowest BCUT2D eigenvalue weighted by atomic mass is 10.1. The van der Waals surface area contributed by atoms with Crippen molar-refractivity contribution in [3.05, 3.63) is 53.6 Å². The van der Waals surface area contributed by atoms with Gasteiger partial charge in [-0.15, -0.1) is 0 Å². The molecule has 1 saturated heterocycles. The molecule has 0 N–H and O–H groups in total. The van der Waals surface area contributed by atoms with Crippen LogP contribution in [-0.2, 0) is 11.2 Å². The van der Waals surface area contributed by atoms with Gasteiger partial charge in [-0.1, -0.05) is 41.2 Å². The number of benzene rings is 2. The Kier molecular flexibility index (Phi) is 4.99. The summed E-state index contributed by atoms with van der Waals surface area (Å²) in [7, 11) is 1.68. The number of piperazine rings is 1. The highest BCUT2D eigenvalue weighted by Crippen LogP contribution is 2.31. The zero-order valence-electron chi connectivity index (χ0n) is 15.6. The van der Waals surface area contributed by atoms with Crippen LogP contribution in [-0.4, -0.2) is 49.1 Å². The summed E-state index contributed by atoms with van der Waals surface area (Å²) in [5, 5.41) is 1.02. The van der Waals surface area contributed by atoms with E-state index in [4.69, 9.17) is 9.72 Å². The molecule has 0 bridgehead atoms. The van der Waals surface area contributed by atoms with E-state index in [1.54, 1.807) is 18.4 Å². The van der Waals surface area contributed by atoms with Crippen molar-refractivity contribution in [2.24, 2.45) is 0 Å². The molecule has 3 aromatic rings. The van der Waals surface area contributed by atoms with Crippen LogP contribution in [0.15, 0.2) is 42.5 Å². The summed E-state index contributed by atoms with van der Waals surface area (Å²) in [5.41, 5.74) is 3.29. The number of aromatic nitrogens is 1. The lowest BCUT2D eigenvalue weighted by molar-refractivity contribution is -0.130. The Bertz CT molecular complexity index is 944. The second-order valence-electron chi connectivity index (χ2n) is 6.86. The van der Waals surface area contributed by atoms with Gasteiger partial charge >= 0.3 is 0 Å². The zero-order valence-corrected chi connectivity index (χ0v) is 16.5. The molecule has 0 atom stereocenters. The van der Waals surface area contributed by atoms with Gasteiger partial charge in [0.15, 0.2) is 5.13 Å². The van der Waals surface area contributed by atoms with E-state index in [1.807, 2.05) is 35.2 Å². The number of hydrogen-bond acceptors (Lipinski definition) is 5. The fourth-order valence-electron chi connectivity index (χ4n) is 3.29. The van der Waals surface area contributed by atoms with Crippen LogP contribution in [0.3, 0.4) is 0 Å². The molecule has 140 valence electrons. The molecule has 0 unspecified atom stereocenters. The monoisotopic (exact) mass is 381 g/mol. The molecule has 1 amide bonds. The van der Waals surface area contributed by atoms with Crippen LogP contribution in [0.25, 0.3) is 10.2 Å². The average Bonchev–Trinajstić information content (AvgIpc) is 3.13. The number of ether oxygens (including phenoxy) is 1. The van der Waals surface area contributed by atoms with E-state index in [9.17, 15) is 4.79 Å². The maximum atomic E-state index is 12.6. The first-order valence-corrected chi connectivity index (χ1v) is 9.97. The van der Waals surface area contributed by atoms with E-state index in [2.05, 4.69) is 24.0 Å². The van der Waals surface area contributed by atoms with Crippen LogP contribution >= 0.6 is 11.3 Å². The molecule has 4 rings (SSSR count). The number of thiazole rings is 1. The van der Waals surface area contributed by atoms with E-state index in [1.165, 1.54) is 5.56 Å².